The second-order valence-electron chi connectivity index (χ2n) is 5.20. The summed E-state index contributed by atoms with van der Waals surface area (Å²) in [6, 6.07) is 7.47. The van der Waals surface area contributed by atoms with Gasteiger partial charge in [-0.1, -0.05) is 18.2 Å². The van der Waals surface area contributed by atoms with Crippen LogP contribution in [-0.4, -0.2) is 27.5 Å². The average Bonchev–Trinajstić information content (AvgIpc) is 3.02. The molecule has 7 nitrogen and oxygen atoms in total. The Kier molecular flexibility index (Phi) is 3.91. The zero-order chi connectivity index (χ0) is 16.6. The van der Waals surface area contributed by atoms with Gasteiger partial charge in [0.1, 0.15) is 11.3 Å². The largest absolute Gasteiger partial charge is 0.496 e. The van der Waals surface area contributed by atoms with Crippen LogP contribution in [0, 0.1) is 4.77 Å². The molecule has 1 aliphatic rings. The first kappa shape index (κ1) is 15.3. The van der Waals surface area contributed by atoms with E-state index in [-0.39, 0.29) is 22.3 Å². The van der Waals surface area contributed by atoms with Crippen LogP contribution in [0.4, 0.5) is 0 Å². The van der Waals surface area contributed by atoms with E-state index >= 15 is 0 Å². The third-order valence-corrected chi connectivity index (χ3v) is 4.23. The number of hydrazone groups is 1. The first-order valence-corrected chi connectivity index (χ1v) is 7.41. The van der Waals surface area contributed by atoms with E-state index in [9.17, 15) is 9.90 Å². The molecule has 1 aromatic heterocycles. The highest BCUT2D eigenvalue weighted by atomic mass is 32.1. The summed E-state index contributed by atoms with van der Waals surface area (Å²) in [7, 11) is 3.19. The minimum absolute atomic E-state index is 0.131. The number of nitrogens with zero attached hydrogens (tertiary/aromatic N) is 2. The van der Waals surface area contributed by atoms with E-state index in [1.165, 1.54) is 4.57 Å². The number of hydrogen-bond acceptors (Lipinski definition) is 6. The molecule has 2 heterocycles. The summed E-state index contributed by atoms with van der Waals surface area (Å²) in [6.07, 6.45) is 0.452. The summed E-state index contributed by atoms with van der Waals surface area (Å²) >= 11 is 4.97. The fourth-order valence-corrected chi connectivity index (χ4v) is 2.78. The summed E-state index contributed by atoms with van der Waals surface area (Å²) in [5.74, 6) is 0.547. The summed E-state index contributed by atoms with van der Waals surface area (Å²) in [5, 5.41) is 14.4. The predicted molar refractivity (Wildman–Crippen MR) is 88.6 cm³/mol. The number of benzene rings is 1. The molecule has 0 bridgehead atoms. The highest BCUT2D eigenvalue weighted by Gasteiger charge is 2.27. The number of aromatic amines is 1. The number of aromatic nitrogens is 2. The number of para-hydroxylation sites is 1. The predicted octanol–water partition coefficient (Wildman–Crippen LogP) is 1.60. The number of ether oxygens (including phenoxy) is 1. The first-order valence-electron chi connectivity index (χ1n) is 7.00. The topological polar surface area (TPSA) is 91.6 Å². The Hall–Kier alpha value is -2.61. The van der Waals surface area contributed by atoms with Gasteiger partial charge in [0.25, 0.3) is 5.56 Å². The maximum absolute atomic E-state index is 12.1. The molecule has 0 unspecified atom stereocenters. The number of H-pyrrole nitrogens is 1. The SMILES string of the molecule is COc1ccccc1[C@@H]1CC(c2c(O)n(C)c(=S)[nH]c2=O)=NN1. The minimum Gasteiger partial charge on any atom is -0.496 e. The molecule has 0 spiro atoms. The molecular weight excluding hydrogens is 316 g/mol. The van der Waals surface area contributed by atoms with Gasteiger partial charge < -0.3 is 15.3 Å². The highest BCUT2D eigenvalue weighted by molar-refractivity contribution is 7.71. The molecule has 0 saturated heterocycles. The zero-order valence-corrected chi connectivity index (χ0v) is 13.5. The van der Waals surface area contributed by atoms with Gasteiger partial charge >= 0.3 is 0 Å². The Balaban J connectivity index is 1.96. The number of aromatic hydroxyl groups is 1. The van der Waals surface area contributed by atoms with Crippen LogP contribution in [0.3, 0.4) is 0 Å². The fourth-order valence-electron chi connectivity index (χ4n) is 2.60. The van der Waals surface area contributed by atoms with Crippen LogP contribution in [0.1, 0.15) is 23.6 Å². The van der Waals surface area contributed by atoms with Crippen molar-refractivity contribution >= 4 is 17.9 Å². The molecule has 0 fully saturated rings. The van der Waals surface area contributed by atoms with Crippen molar-refractivity contribution in [1.29, 1.82) is 0 Å². The van der Waals surface area contributed by atoms with E-state index in [0.717, 1.165) is 11.3 Å². The molecule has 23 heavy (non-hydrogen) atoms. The Morgan fingerprint density at radius 2 is 2.17 bits per heavy atom. The van der Waals surface area contributed by atoms with Crippen molar-refractivity contribution in [2.24, 2.45) is 12.1 Å². The van der Waals surface area contributed by atoms with Gasteiger partial charge in [-0.05, 0) is 18.3 Å². The summed E-state index contributed by atoms with van der Waals surface area (Å²) in [4.78, 5) is 14.7. The lowest BCUT2D eigenvalue weighted by molar-refractivity contribution is 0.402. The minimum atomic E-state index is -0.452. The molecule has 3 N–H and O–H groups in total. The Morgan fingerprint density at radius 1 is 1.43 bits per heavy atom. The van der Waals surface area contributed by atoms with Crippen LogP contribution in [-0.2, 0) is 7.05 Å². The first-order chi connectivity index (χ1) is 11.0. The quantitative estimate of drug-likeness (QED) is 0.743. The normalized spacial score (nSPS) is 16.8. The van der Waals surface area contributed by atoms with Gasteiger partial charge in [0.2, 0.25) is 5.88 Å². The summed E-state index contributed by atoms with van der Waals surface area (Å²) < 4.78 is 6.85. The zero-order valence-electron chi connectivity index (χ0n) is 12.7. The molecule has 0 radical (unpaired) electrons. The van der Waals surface area contributed by atoms with Crippen LogP contribution < -0.4 is 15.7 Å². The van der Waals surface area contributed by atoms with Gasteiger partial charge in [-0.25, -0.2) is 0 Å². The standard InChI is InChI=1S/C15H16N4O3S/c1-19-14(21)12(13(20)16-15(19)23)10-7-9(17-18-10)8-5-3-4-6-11(8)22-2/h3-6,9,17,21H,7H2,1-2H3,(H,16,20,23)/t9-/m0/s1. The van der Waals surface area contributed by atoms with E-state index in [2.05, 4.69) is 15.5 Å². The van der Waals surface area contributed by atoms with Gasteiger partial charge in [-0.3, -0.25) is 14.3 Å². The smallest absolute Gasteiger partial charge is 0.264 e. The lowest BCUT2D eigenvalue weighted by Crippen LogP contribution is -2.21. The van der Waals surface area contributed by atoms with Crippen molar-refractivity contribution in [3.05, 3.63) is 50.5 Å². The third-order valence-electron chi connectivity index (χ3n) is 3.85. The van der Waals surface area contributed by atoms with Gasteiger partial charge in [0.05, 0.1) is 18.9 Å². The molecule has 8 heteroatoms. The van der Waals surface area contributed by atoms with Crippen LogP contribution in [0.5, 0.6) is 11.6 Å². The maximum atomic E-state index is 12.1. The molecule has 0 amide bonds. The molecule has 0 aliphatic carbocycles. The second kappa shape index (κ2) is 5.88. The molecular formula is C15H16N4O3S. The number of hydrogen-bond donors (Lipinski definition) is 3. The van der Waals surface area contributed by atoms with Gasteiger partial charge in [-0.2, -0.15) is 5.10 Å². The molecule has 0 saturated carbocycles. The van der Waals surface area contributed by atoms with Crippen molar-refractivity contribution < 1.29 is 9.84 Å². The van der Waals surface area contributed by atoms with Crippen molar-refractivity contribution in [2.45, 2.75) is 12.5 Å². The van der Waals surface area contributed by atoms with E-state index in [1.807, 2.05) is 24.3 Å². The highest BCUT2D eigenvalue weighted by Crippen LogP contribution is 2.31. The van der Waals surface area contributed by atoms with Crippen molar-refractivity contribution in [1.82, 2.24) is 15.0 Å². The maximum Gasteiger partial charge on any atom is 0.264 e. The van der Waals surface area contributed by atoms with Crippen molar-refractivity contribution in [3.63, 3.8) is 0 Å². The van der Waals surface area contributed by atoms with Crippen LogP contribution >= 0.6 is 12.2 Å². The van der Waals surface area contributed by atoms with E-state index in [4.69, 9.17) is 17.0 Å². The Bertz CT molecular complexity index is 900. The van der Waals surface area contributed by atoms with Crippen LogP contribution in [0.25, 0.3) is 0 Å². The monoisotopic (exact) mass is 332 g/mol. The van der Waals surface area contributed by atoms with Gasteiger partial charge in [0.15, 0.2) is 4.77 Å². The van der Waals surface area contributed by atoms with Crippen LogP contribution in [0.2, 0.25) is 0 Å². The van der Waals surface area contributed by atoms with Crippen LogP contribution in [0.15, 0.2) is 34.2 Å². The summed E-state index contributed by atoms with van der Waals surface area (Å²) in [6.45, 7) is 0. The fraction of sp³-hybridized carbons (Fsp3) is 0.267. The van der Waals surface area contributed by atoms with Gasteiger partial charge in [0, 0.05) is 19.0 Å². The Labute approximate surface area is 137 Å². The van der Waals surface area contributed by atoms with E-state index < -0.39 is 5.56 Å². The molecule has 120 valence electrons. The second-order valence-corrected chi connectivity index (χ2v) is 5.59. The van der Waals surface area contributed by atoms with E-state index in [0.29, 0.717) is 12.1 Å². The molecule has 1 aliphatic heterocycles. The molecule has 1 aromatic carbocycles. The molecule has 3 rings (SSSR count). The molecule has 2 aromatic rings. The average molecular weight is 332 g/mol. The number of nitrogens with one attached hydrogen (secondary N) is 2. The van der Waals surface area contributed by atoms with E-state index in [1.54, 1.807) is 14.2 Å². The number of methoxy groups -OCH3 is 1. The lowest BCUT2D eigenvalue weighted by Gasteiger charge is -2.14. The lowest BCUT2D eigenvalue weighted by atomic mass is 9.99. The Morgan fingerprint density at radius 3 is 2.91 bits per heavy atom. The third kappa shape index (κ3) is 2.61. The van der Waals surface area contributed by atoms with Crippen molar-refractivity contribution in [2.75, 3.05) is 7.11 Å². The summed E-state index contributed by atoms with van der Waals surface area (Å²) in [5.41, 5.74) is 4.09. The van der Waals surface area contributed by atoms with Crippen molar-refractivity contribution in [3.8, 4) is 11.6 Å². The number of rotatable bonds is 3. The van der Waals surface area contributed by atoms with Gasteiger partial charge in [-0.15, -0.1) is 0 Å². The molecule has 1 atom stereocenters.